The van der Waals surface area contributed by atoms with Crippen LogP contribution in [0.4, 0.5) is 5.69 Å². The number of pyridine rings is 1. The van der Waals surface area contributed by atoms with Crippen LogP contribution in [-0.2, 0) is 10.3 Å². The molecule has 0 aliphatic heterocycles. The zero-order valence-corrected chi connectivity index (χ0v) is 29.5. The third-order valence-electron chi connectivity index (χ3n) is 9.25. The Labute approximate surface area is 298 Å². The Morgan fingerprint density at radius 2 is 1.30 bits per heavy atom. The van der Waals surface area contributed by atoms with E-state index in [2.05, 4.69) is 17.4 Å². The van der Waals surface area contributed by atoms with Gasteiger partial charge in [-0.2, -0.15) is 0 Å². The van der Waals surface area contributed by atoms with Gasteiger partial charge in [-0.15, -0.1) is 0 Å². The third-order valence-corrected chi connectivity index (χ3v) is 9.49. The average Bonchev–Trinajstić information content (AvgIpc) is 3.17. The highest BCUT2D eigenvalue weighted by molar-refractivity contribution is 6.31. The van der Waals surface area contributed by atoms with Crippen molar-refractivity contribution in [2.24, 2.45) is 5.92 Å². The molecule has 1 atom stereocenters. The number of ether oxygens (including phenoxy) is 4. The molecule has 1 unspecified atom stereocenters. The lowest BCUT2D eigenvalue weighted by Crippen LogP contribution is -2.35. The number of benzene rings is 5. The van der Waals surface area contributed by atoms with E-state index in [1.165, 1.54) is 0 Å². The largest absolute Gasteiger partial charge is 0.497 e. The SMILES string of the molecule is COc1ccc(C(OCC(CO)CCCCNc2c3ccc(Cl)cc3nc3ccc(OC)cc23)(c2ccccc2)c2ccc(OC)cc2)cc1. The molecule has 7 nitrogen and oxygen atoms in total. The first kappa shape index (κ1) is 35.0. The fourth-order valence-corrected chi connectivity index (χ4v) is 6.70. The highest BCUT2D eigenvalue weighted by Crippen LogP contribution is 2.42. The maximum atomic E-state index is 10.6. The van der Waals surface area contributed by atoms with Gasteiger partial charge in [0.1, 0.15) is 22.8 Å². The normalized spacial score (nSPS) is 12.2. The number of methoxy groups -OCH3 is 3. The summed E-state index contributed by atoms with van der Waals surface area (Å²) in [7, 11) is 4.99. The maximum Gasteiger partial charge on any atom is 0.143 e. The van der Waals surface area contributed by atoms with Crippen LogP contribution in [-0.4, -0.2) is 51.2 Å². The van der Waals surface area contributed by atoms with E-state index < -0.39 is 5.60 Å². The van der Waals surface area contributed by atoms with Gasteiger partial charge in [-0.05, 0) is 90.2 Å². The monoisotopic (exact) mass is 690 g/mol. The van der Waals surface area contributed by atoms with Crippen LogP contribution in [0.3, 0.4) is 0 Å². The first-order chi connectivity index (χ1) is 24.5. The van der Waals surface area contributed by atoms with Gasteiger partial charge >= 0.3 is 0 Å². The molecular formula is C42H43ClN2O5. The first-order valence-electron chi connectivity index (χ1n) is 16.9. The van der Waals surface area contributed by atoms with Gasteiger partial charge in [0, 0.05) is 34.9 Å². The van der Waals surface area contributed by atoms with Crippen LogP contribution >= 0.6 is 11.6 Å². The van der Waals surface area contributed by atoms with Crippen LogP contribution < -0.4 is 19.5 Å². The highest BCUT2D eigenvalue weighted by atomic mass is 35.5. The number of aliphatic hydroxyl groups excluding tert-OH is 1. The van der Waals surface area contributed by atoms with Crippen molar-refractivity contribution in [2.75, 3.05) is 46.4 Å². The van der Waals surface area contributed by atoms with E-state index in [0.29, 0.717) is 11.6 Å². The van der Waals surface area contributed by atoms with Crippen molar-refractivity contribution >= 4 is 39.1 Å². The van der Waals surface area contributed by atoms with E-state index in [0.717, 1.165) is 87.2 Å². The van der Waals surface area contributed by atoms with Crippen molar-refractivity contribution in [1.29, 1.82) is 0 Å². The molecule has 0 saturated heterocycles. The van der Waals surface area contributed by atoms with Gasteiger partial charge in [0.05, 0.1) is 44.7 Å². The van der Waals surface area contributed by atoms with Crippen molar-refractivity contribution in [3.8, 4) is 17.2 Å². The van der Waals surface area contributed by atoms with Crippen molar-refractivity contribution in [1.82, 2.24) is 4.98 Å². The quantitative estimate of drug-likeness (QED) is 0.0595. The van der Waals surface area contributed by atoms with E-state index in [4.69, 9.17) is 35.5 Å². The summed E-state index contributed by atoms with van der Waals surface area (Å²) in [5.41, 5.74) is 4.71. The Kier molecular flexibility index (Phi) is 11.4. The Morgan fingerprint density at radius 1 is 0.680 bits per heavy atom. The summed E-state index contributed by atoms with van der Waals surface area (Å²) in [5.74, 6) is 2.24. The molecular weight excluding hydrogens is 648 g/mol. The van der Waals surface area contributed by atoms with Gasteiger partial charge < -0.3 is 29.4 Å². The predicted molar refractivity (Wildman–Crippen MR) is 202 cm³/mol. The van der Waals surface area contributed by atoms with Gasteiger partial charge in [-0.1, -0.05) is 72.6 Å². The van der Waals surface area contributed by atoms with Crippen LogP contribution in [0.15, 0.2) is 115 Å². The standard InChI is InChI=1S/C42H43ClN2O5/c1-47-34-17-12-31(13-18-34)42(30-10-5-4-6-11-30,32-14-19-35(48-2)20-15-32)50-28-29(27-46)9-7-8-24-44-41-37-22-16-33(43)25-40(37)45-39-23-21-36(49-3)26-38(39)41/h4-6,10-23,25-26,29,46H,7-9,24,27-28H2,1-3H3,(H,44,45). The molecule has 0 amide bonds. The lowest BCUT2D eigenvalue weighted by atomic mass is 9.79. The topological polar surface area (TPSA) is 82.1 Å². The number of nitrogens with zero attached hydrogens (tertiary/aromatic N) is 1. The number of unbranched alkanes of at least 4 members (excludes halogenated alkanes) is 1. The number of aromatic nitrogens is 1. The number of hydrogen-bond acceptors (Lipinski definition) is 7. The average molecular weight is 691 g/mol. The van der Waals surface area contributed by atoms with Gasteiger partial charge in [0.2, 0.25) is 0 Å². The van der Waals surface area contributed by atoms with Gasteiger partial charge in [0.25, 0.3) is 0 Å². The smallest absolute Gasteiger partial charge is 0.143 e. The number of hydrogen-bond donors (Lipinski definition) is 2. The Hall–Kier alpha value is -4.82. The number of aliphatic hydroxyl groups is 1. The minimum absolute atomic E-state index is 0.0176. The Bertz CT molecular complexity index is 1950. The summed E-state index contributed by atoms with van der Waals surface area (Å²) in [4.78, 5) is 4.84. The minimum atomic E-state index is -0.928. The second-order valence-electron chi connectivity index (χ2n) is 12.3. The second-order valence-corrected chi connectivity index (χ2v) is 12.8. The summed E-state index contributed by atoms with van der Waals surface area (Å²) >= 11 is 6.32. The van der Waals surface area contributed by atoms with E-state index in [9.17, 15) is 5.11 Å². The summed E-state index contributed by atoms with van der Waals surface area (Å²) < 4.78 is 23.5. The van der Waals surface area contributed by atoms with Gasteiger partial charge in [-0.3, -0.25) is 0 Å². The highest BCUT2D eigenvalue weighted by Gasteiger charge is 2.38. The predicted octanol–water partition coefficient (Wildman–Crippen LogP) is 9.27. The van der Waals surface area contributed by atoms with E-state index in [1.54, 1.807) is 21.3 Å². The molecule has 258 valence electrons. The lowest BCUT2D eigenvalue weighted by Gasteiger charge is -2.37. The van der Waals surface area contributed by atoms with E-state index >= 15 is 0 Å². The molecule has 0 bridgehead atoms. The van der Waals surface area contributed by atoms with Crippen molar-refractivity contribution < 1.29 is 24.1 Å². The first-order valence-corrected chi connectivity index (χ1v) is 17.3. The minimum Gasteiger partial charge on any atom is -0.497 e. The number of halogens is 1. The van der Waals surface area contributed by atoms with Crippen LogP contribution in [0.25, 0.3) is 21.8 Å². The summed E-state index contributed by atoms with van der Waals surface area (Å²) in [6.07, 6.45) is 2.61. The molecule has 2 N–H and O–H groups in total. The molecule has 5 aromatic carbocycles. The summed E-state index contributed by atoms with van der Waals surface area (Å²) in [6.45, 7) is 1.12. The molecule has 6 aromatic rings. The fraction of sp³-hybridized carbons (Fsp3) is 0.262. The summed E-state index contributed by atoms with van der Waals surface area (Å²) in [6, 6.07) is 37.9. The lowest BCUT2D eigenvalue weighted by molar-refractivity contribution is -0.0205. The molecule has 8 heteroatoms. The number of nitrogens with one attached hydrogen (secondary N) is 1. The zero-order chi connectivity index (χ0) is 34.9. The molecule has 1 aromatic heterocycles. The zero-order valence-electron chi connectivity index (χ0n) is 28.7. The maximum absolute atomic E-state index is 10.6. The number of fused-ring (bicyclic) bond motifs is 2. The molecule has 50 heavy (non-hydrogen) atoms. The molecule has 0 aliphatic carbocycles. The molecule has 1 heterocycles. The van der Waals surface area contributed by atoms with Crippen molar-refractivity contribution in [3.05, 3.63) is 137 Å². The Morgan fingerprint density at radius 3 is 1.92 bits per heavy atom. The molecule has 0 spiro atoms. The van der Waals surface area contributed by atoms with E-state index in [1.807, 2.05) is 103 Å². The molecule has 6 rings (SSSR count). The van der Waals surface area contributed by atoms with Crippen molar-refractivity contribution in [3.63, 3.8) is 0 Å². The molecule has 0 fully saturated rings. The second kappa shape index (κ2) is 16.3. The van der Waals surface area contributed by atoms with Crippen LogP contribution in [0.5, 0.6) is 17.2 Å². The number of anilines is 1. The van der Waals surface area contributed by atoms with E-state index in [-0.39, 0.29) is 12.5 Å². The Balaban J connectivity index is 1.20. The molecule has 0 radical (unpaired) electrons. The molecule has 0 aliphatic rings. The van der Waals surface area contributed by atoms with Crippen LogP contribution in [0, 0.1) is 5.92 Å². The molecule has 0 saturated carbocycles. The van der Waals surface area contributed by atoms with Crippen LogP contribution in [0.1, 0.15) is 36.0 Å². The van der Waals surface area contributed by atoms with Crippen molar-refractivity contribution in [2.45, 2.75) is 24.9 Å². The van der Waals surface area contributed by atoms with Gasteiger partial charge in [-0.25, -0.2) is 4.98 Å². The third kappa shape index (κ3) is 7.50. The fourth-order valence-electron chi connectivity index (χ4n) is 6.53. The van der Waals surface area contributed by atoms with Gasteiger partial charge in [0.15, 0.2) is 0 Å². The summed E-state index contributed by atoms with van der Waals surface area (Å²) in [5, 5.41) is 16.9. The van der Waals surface area contributed by atoms with Crippen LogP contribution in [0.2, 0.25) is 5.02 Å². The number of rotatable bonds is 16.